The summed E-state index contributed by atoms with van der Waals surface area (Å²) >= 11 is 0. The summed E-state index contributed by atoms with van der Waals surface area (Å²) in [5.74, 6) is 1.13. The summed E-state index contributed by atoms with van der Waals surface area (Å²) in [7, 11) is 0. The van der Waals surface area contributed by atoms with Crippen LogP contribution in [0.15, 0.2) is 53.6 Å². The number of aryl methyl sites for hydroxylation is 1. The fourth-order valence-corrected chi connectivity index (χ4v) is 5.08. The average Bonchev–Trinajstić information content (AvgIpc) is 3.16. The van der Waals surface area contributed by atoms with Gasteiger partial charge in [0.15, 0.2) is 5.65 Å². The van der Waals surface area contributed by atoms with Gasteiger partial charge in [-0.25, -0.2) is 9.50 Å². The Morgan fingerprint density at radius 3 is 2.67 bits per heavy atom. The van der Waals surface area contributed by atoms with Crippen molar-refractivity contribution in [1.82, 2.24) is 19.2 Å². The van der Waals surface area contributed by atoms with Crippen LogP contribution in [-0.2, 0) is 6.42 Å². The van der Waals surface area contributed by atoms with Crippen molar-refractivity contribution in [3.8, 4) is 11.1 Å². The summed E-state index contributed by atoms with van der Waals surface area (Å²) in [5, 5.41) is 5.49. The highest BCUT2D eigenvalue weighted by Crippen LogP contribution is 2.37. The number of pyridine rings is 1. The highest BCUT2D eigenvalue weighted by atomic mass is 16.1. The van der Waals surface area contributed by atoms with E-state index in [0.29, 0.717) is 17.2 Å². The second-order valence-corrected chi connectivity index (χ2v) is 8.70. The van der Waals surface area contributed by atoms with Crippen molar-refractivity contribution in [3.05, 3.63) is 64.8 Å². The van der Waals surface area contributed by atoms with Crippen molar-refractivity contribution in [2.45, 2.75) is 52.5 Å². The molecule has 3 aromatic heterocycles. The molecule has 1 aliphatic carbocycles. The molecule has 154 valence electrons. The van der Waals surface area contributed by atoms with Crippen molar-refractivity contribution in [2.75, 3.05) is 0 Å². The zero-order valence-corrected chi connectivity index (χ0v) is 17.9. The molecule has 0 amide bonds. The topological polar surface area (TPSA) is 52.2 Å². The van der Waals surface area contributed by atoms with E-state index in [9.17, 15) is 4.79 Å². The predicted octanol–water partition coefficient (Wildman–Crippen LogP) is 5.27. The number of rotatable bonds is 3. The largest absolute Gasteiger partial charge is 0.311 e. The van der Waals surface area contributed by atoms with Gasteiger partial charge in [-0.2, -0.15) is 5.10 Å². The molecule has 1 aromatic carbocycles. The Morgan fingerprint density at radius 1 is 1.10 bits per heavy atom. The van der Waals surface area contributed by atoms with Crippen LogP contribution in [0.1, 0.15) is 51.8 Å². The van der Waals surface area contributed by atoms with Gasteiger partial charge in [-0.1, -0.05) is 63.9 Å². The van der Waals surface area contributed by atoms with Crippen LogP contribution in [-0.4, -0.2) is 19.2 Å². The van der Waals surface area contributed by atoms with Crippen LogP contribution in [0.5, 0.6) is 0 Å². The molecule has 30 heavy (non-hydrogen) atoms. The zero-order valence-electron chi connectivity index (χ0n) is 17.9. The number of nitrogens with zero attached hydrogens (tertiary/aromatic N) is 4. The lowest BCUT2D eigenvalue weighted by Crippen LogP contribution is -2.33. The van der Waals surface area contributed by atoms with E-state index in [1.807, 2.05) is 39.5 Å². The van der Waals surface area contributed by atoms with Crippen LogP contribution < -0.4 is 5.56 Å². The van der Waals surface area contributed by atoms with Gasteiger partial charge >= 0.3 is 0 Å². The maximum absolute atomic E-state index is 13.4. The van der Waals surface area contributed by atoms with E-state index in [-0.39, 0.29) is 11.6 Å². The molecule has 3 heterocycles. The Hall–Kier alpha value is -2.95. The zero-order chi connectivity index (χ0) is 20.8. The molecule has 4 aromatic rings. The number of benzene rings is 1. The highest BCUT2D eigenvalue weighted by Gasteiger charge is 2.29. The Labute approximate surface area is 176 Å². The Kier molecular flexibility index (Phi) is 4.69. The minimum atomic E-state index is 0.0441. The van der Waals surface area contributed by atoms with Gasteiger partial charge in [-0.05, 0) is 36.3 Å². The second kappa shape index (κ2) is 7.38. The molecule has 0 radical (unpaired) electrons. The molecule has 1 aliphatic rings. The van der Waals surface area contributed by atoms with Gasteiger partial charge in [-0.3, -0.25) is 4.79 Å². The first-order valence-corrected chi connectivity index (χ1v) is 11.1. The lowest BCUT2D eigenvalue weighted by molar-refractivity contribution is 0.183. The van der Waals surface area contributed by atoms with E-state index in [4.69, 9.17) is 10.1 Å². The summed E-state index contributed by atoms with van der Waals surface area (Å²) in [5.41, 5.74) is 4.84. The number of hydrogen-bond donors (Lipinski definition) is 0. The van der Waals surface area contributed by atoms with E-state index < -0.39 is 0 Å². The normalized spacial score (nSPS) is 22.0. The standard InChI is InChI=1S/C25H28N4O/c1-4-20-23(18-10-6-5-7-11-18)24-26-15-19-22(29(24)27-20)13-14-28(25(19)30)21-12-8-9-16(2)17(21)3/h5-7,10-11,13-17,21H,4,8-9,12H2,1-3H3/t16-,17+,21-/m1/s1. The fourth-order valence-electron chi connectivity index (χ4n) is 5.08. The third-order valence-corrected chi connectivity index (χ3v) is 7.03. The number of fused-ring (bicyclic) bond motifs is 3. The molecule has 0 saturated heterocycles. The van der Waals surface area contributed by atoms with E-state index in [0.717, 1.165) is 40.8 Å². The number of hydrogen-bond acceptors (Lipinski definition) is 3. The minimum absolute atomic E-state index is 0.0441. The quantitative estimate of drug-likeness (QED) is 0.471. The first-order valence-electron chi connectivity index (χ1n) is 11.1. The van der Waals surface area contributed by atoms with Gasteiger partial charge in [-0.15, -0.1) is 0 Å². The van der Waals surface area contributed by atoms with Gasteiger partial charge in [0.1, 0.15) is 0 Å². The smallest absolute Gasteiger partial charge is 0.261 e. The molecule has 5 rings (SSSR count). The summed E-state index contributed by atoms with van der Waals surface area (Å²) in [6.45, 7) is 6.68. The summed E-state index contributed by atoms with van der Waals surface area (Å²) < 4.78 is 3.80. The summed E-state index contributed by atoms with van der Waals surface area (Å²) in [6.07, 6.45) is 8.01. The molecule has 1 saturated carbocycles. The summed E-state index contributed by atoms with van der Waals surface area (Å²) in [6, 6.07) is 12.6. The van der Waals surface area contributed by atoms with E-state index in [1.54, 1.807) is 6.20 Å². The Balaban J connectivity index is 1.71. The van der Waals surface area contributed by atoms with E-state index in [1.165, 1.54) is 12.8 Å². The van der Waals surface area contributed by atoms with Crippen molar-refractivity contribution in [1.29, 1.82) is 0 Å². The van der Waals surface area contributed by atoms with Crippen molar-refractivity contribution < 1.29 is 0 Å². The lowest BCUT2D eigenvalue weighted by atomic mass is 9.78. The molecule has 5 heteroatoms. The van der Waals surface area contributed by atoms with Gasteiger partial charge in [0, 0.05) is 24.0 Å². The molecule has 0 bridgehead atoms. The van der Waals surface area contributed by atoms with Gasteiger partial charge < -0.3 is 4.57 Å². The number of aromatic nitrogens is 4. The maximum Gasteiger partial charge on any atom is 0.261 e. The highest BCUT2D eigenvalue weighted by molar-refractivity contribution is 5.86. The molecule has 3 atom stereocenters. The summed E-state index contributed by atoms with van der Waals surface area (Å²) in [4.78, 5) is 18.2. The van der Waals surface area contributed by atoms with E-state index >= 15 is 0 Å². The monoisotopic (exact) mass is 400 g/mol. The van der Waals surface area contributed by atoms with Crippen LogP contribution in [0.25, 0.3) is 27.7 Å². The van der Waals surface area contributed by atoms with Crippen LogP contribution in [0.2, 0.25) is 0 Å². The third-order valence-electron chi connectivity index (χ3n) is 7.03. The van der Waals surface area contributed by atoms with Crippen LogP contribution in [0.4, 0.5) is 0 Å². The van der Waals surface area contributed by atoms with Crippen LogP contribution in [0.3, 0.4) is 0 Å². The predicted molar refractivity (Wildman–Crippen MR) is 121 cm³/mol. The Morgan fingerprint density at radius 2 is 1.90 bits per heavy atom. The van der Waals surface area contributed by atoms with E-state index in [2.05, 4.69) is 32.9 Å². The molecule has 0 aliphatic heterocycles. The molecular formula is C25H28N4O. The molecule has 1 fully saturated rings. The maximum atomic E-state index is 13.4. The minimum Gasteiger partial charge on any atom is -0.311 e. The average molecular weight is 401 g/mol. The third kappa shape index (κ3) is 2.87. The van der Waals surface area contributed by atoms with Gasteiger partial charge in [0.2, 0.25) is 0 Å². The fraction of sp³-hybridized carbons (Fsp3) is 0.400. The molecule has 0 unspecified atom stereocenters. The second-order valence-electron chi connectivity index (χ2n) is 8.70. The SMILES string of the molecule is CCc1nn2c(ncc3c(=O)n([C@@H]4CCC[C@@H](C)[C@@H]4C)ccc32)c1-c1ccccc1. The van der Waals surface area contributed by atoms with Gasteiger partial charge in [0.05, 0.1) is 16.6 Å². The molecule has 0 N–H and O–H groups in total. The first-order chi connectivity index (χ1) is 14.6. The molecular weight excluding hydrogens is 372 g/mol. The van der Waals surface area contributed by atoms with Crippen molar-refractivity contribution in [3.63, 3.8) is 0 Å². The van der Waals surface area contributed by atoms with Crippen molar-refractivity contribution in [2.24, 2.45) is 11.8 Å². The first kappa shape index (κ1) is 19.0. The van der Waals surface area contributed by atoms with Crippen LogP contribution in [0, 0.1) is 11.8 Å². The Bertz CT molecular complexity index is 1270. The lowest BCUT2D eigenvalue weighted by Gasteiger charge is -2.35. The van der Waals surface area contributed by atoms with Gasteiger partial charge in [0.25, 0.3) is 5.56 Å². The molecule has 0 spiro atoms. The molecule has 5 nitrogen and oxygen atoms in total. The van der Waals surface area contributed by atoms with Crippen molar-refractivity contribution >= 4 is 16.6 Å². The van der Waals surface area contributed by atoms with Crippen LogP contribution >= 0.6 is 0 Å².